The molecule has 0 radical (unpaired) electrons. The van der Waals surface area contributed by atoms with E-state index in [1.165, 1.54) is 18.6 Å². The van der Waals surface area contributed by atoms with E-state index in [0.717, 1.165) is 12.8 Å². The topological polar surface area (TPSA) is 103 Å². The van der Waals surface area contributed by atoms with Crippen molar-refractivity contribution in [3.63, 3.8) is 0 Å². The molecule has 2 aliphatic rings. The molecule has 2 aliphatic heterocycles. The third kappa shape index (κ3) is 2.85. The van der Waals surface area contributed by atoms with Gasteiger partial charge >= 0.3 is 0 Å². The van der Waals surface area contributed by atoms with E-state index in [2.05, 4.69) is 20.2 Å². The normalized spacial score (nSPS) is 19.8. The Morgan fingerprint density at radius 1 is 1.10 bits per heavy atom. The van der Waals surface area contributed by atoms with Crippen molar-refractivity contribution in [1.29, 1.82) is 0 Å². The molecule has 30 heavy (non-hydrogen) atoms. The zero-order chi connectivity index (χ0) is 20.7. The average molecular weight is 404 g/mol. The van der Waals surface area contributed by atoms with Crippen molar-refractivity contribution in [3.8, 4) is 17.0 Å². The lowest BCUT2D eigenvalue weighted by Crippen LogP contribution is -2.35. The predicted molar refractivity (Wildman–Crippen MR) is 107 cm³/mol. The molecule has 5 rings (SSSR count). The van der Waals surface area contributed by atoms with E-state index in [1.54, 1.807) is 40.8 Å². The number of methoxy groups -OCH3 is 1. The summed E-state index contributed by atoms with van der Waals surface area (Å²) < 4.78 is 6.89. The molecule has 0 saturated carbocycles. The van der Waals surface area contributed by atoms with Crippen molar-refractivity contribution < 1.29 is 9.53 Å². The van der Waals surface area contributed by atoms with Gasteiger partial charge in [-0.15, -0.1) is 10.2 Å². The summed E-state index contributed by atoms with van der Waals surface area (Å²) in [5.74, 6) is 1.23. The van der Waals surface area contributed by atoms with Crippen LogP contribution in [-0.4, -0.2) is 55.7 Å². The second-order valence-electron chi connectivity index (χ2n) is 7.66. The largest absolute Gasteiger partial charge is 0.497 e. The van der Waals surface area contributed by atoms with Crippen molar-refractivity contribution in [3.05, 3.63) is 64.7 Å². The molecule has 3 aromatic rings. The van der Waals surface area contributed by atoms with Crippen molar-refractivity contribution >= 4 is 5.91 Å². The molecule has 9 heteroatoms. The van der Waals surface area contributed by atoms with E-state index in [9.17, 15) is 9.59 Å². The zero-order valence-corrected chi connectivity index (χ0v) is 16.5. The van der Waals surface area contributed by atoms with Crippen LogP contribution in [0.1, 0.15) is 29.2 Å². The molecule has 9 nitrogen and oxygen atoms in total. The van der Waals surface area contributed by atoms with E-state index in [0.29, 0.717) is 48.2 Å². The summed E-state index contributed by atoms with van der Waals surface area (Å²) >= 11 is 0. The molecule has 0 N–H and O–H groups in total. The lowest BCUT2D eigenvalue weighted by atomic mass is 9.85. The highest BCUT2D eigenvalue weighted by atomic mass is 16.5. The van der Waals surface area contributed by atoms with Gasteiger partial charge in [-0.05, 0) is 37.1 Å². The molecule has 2 aromatic heterocycles. The van der Waals surface area contributed by atoms with Gasteiger partial charge in [0.2, 0.25) is 0 Å². The van der Waals surface area contributed by atoms with Gasteiger partial charge in [-0.1, -0.05) is 0 Å². The molecule has 1 atom stereocenters. The third-order valence-electron chi connectivity index (χ3n) is 6.02. The van der Waals surface area contributed by atoms with Gasteiger partial charge in [0.05, 0.1) is 18.7 Å². The predicted octanol–water partition coefficient (Wildman–Crippen LogP) is 1.29. The number of ether oxygens (including phenoxy) is 1. The summed E-state index contributed by atoms with van der Waals surface area (Å²) in [6.45, 7) is 1.66. The second-order valence-corrected chi connectivity index (χ2v) is 7.66. The minimum atomic E-state index is -0.345. The van der Waals surface area contributed by atoms with Crippen molar-refractivity contribution in [1.82, 2.24) is 29.6 Å². The molecule has 0 aliphatic carbocycles. The van der Waals surface area contributed by atoms with Crippen molar-refractivity contribution in [2.75, 3.05) is 20.2 Å². The number of hydrogen-bond donors (Lipinski definition) is 0. The number of amides is 1. The number of hydrogen-bond acceptors (Lipinski definition) is 7. The number of rotatable bonds is 3. The molecule has 1 amide bonds. The van der Waals surface area contributed by atoms with Crippen LogP contribution in [0.2, 0.25) is 0 Å². The van der Waals surface area contributed by atoms with Crippen LogP contribution in [0.3, 0.4) is 0 Å². The molecule has 152 valence electrons. The number of benzene rings is 1. The molecule has 1 saturated heterocycles. The van der Waals surface area contributed by atoms with Crippen molar-refractivity contribution in [2.24, 2.45) is 0 Å². The van der Waals surface area contributed by atoms with Crippen LogP contribution in [0.15, 0.2) is 47.7 Å². The highest BCUT2D eigenvalue weighted by Gasteiger charge is 2.48. The molecule has 4 heterocycles. The zero-order valence-electron chi connectivity index (χ0n) is 16.5. The quantitative estimate of drug-likeness (QED) is 0.648. The second kappa shape index (κ2) is 7.01. The maximum atomic E-state index is 13.1. The van der Waals surface area contributed by atoms with Gasteiger partial charge in [0.25, 0.3) is 11.5 Å². The minimum absolute atomic E-state index is 0.149. The van der Waals surface area contributed by atoms with Crippen LogP contribution in [0.4, 0.5) is 0 Å². The summed E-state index contributed by atoms with van der Waals surface area (Å²) in [6.07, 6.45) is 6.02. The Hall–Kier alpha value is -3.62. The van der Waals surface area contributed by atoms with Gasteiger partial charge in [-0.25, -0.2) is 4.98 Å². The van der Waals surface area contributed by atoms with E-state index in [1.807, 2.05) is 0 Å². The number of likely N-dealkylation sites (tertiary alicyclic amines) is 1. The van der Waals surface area contributed by atoms with Gasteiger partial charge in [0.1, 0.15) is 17.3 Å². The molecule has 1 spiro atoms. The van der Waals surface area contributed by atoms with Crippen LogP contribution in [-0.2, 0) is 12.0 Å². The molecule has 1 fully saturated rings. The first-order valence-electron chi connectivity index (χ1n) is 9.79. The molecular formula is C21H20N6O3. The smallest absolute Gasteiger partial charge is 0.280 e. The maximum Gasteiger partial charge on any atom is 0.280 e. The summed E-state index contributed by atoms with van der Waals surface area (Å²) in [4.78, 5) is 35.7. The first kappa shape index (κ1) is 18.4. The van der Waals surface area contributed by atoms with Crippen molar-refractivity contribution in [2.45, 2.75) is 24.8 Å². The summed E-state index contributed by atoms with van der Waals surface area (Å²) in [5.41, 5.74) is 0.855. The number of fused-ring (bicyclic) bond motifs is 2. The Balaban J connectivity index is 1.44. The van der Waals surface area contributed by atoms with Gasteiger partial charge in [0.15, 0.2) is 5.69 Å². The number of carbonyl (C=O) groups excluding carboxylic acids is 1. The molecule has 1 aromatic carbocycles. The van der Waals surface area contributed by atoms with Crippen LogP contribution in [0.5, 0.6) is 5.75 Å². The molecule has 0 bridgehead atoms. The third-order valence-corrected chi connectivity index (χ3v) is 6.02. The van der Waals surface area contributed by atoms with Crippen LogP contribution in [0, 0.1) is 0 Å². The summed E-state index contributed by atoms with van der Waals surface area (Å²) in [7, 11) is 1.60. The van der Waals surface area contributed by atoms with Crippen LogP contribution in [0.25, 0.3) is 11.3 Å². The lowest BCUT2D eigenvalue weighted by Gasteiger charge is -2.22. The number of aromatic nitrogens is 5. The van der Waals surface area contributed by atoms with Gasteiger partial charge in [0, 0.05) is 37.6 Å². The highest BCUT2D eigenvalue weighted by molar-refractivity contribution is 5.92. The van der Waals surface area contributed by atoms with E-state index in [-0.39, 0.29) is 16.9 Å². The monoisotopic (exact) mass is 404 g/mol. The van der Waals surface area contributed by atoms with Gasteiger partial charge in [-0.2, -0.15) is 0 Å². The Morgan fingerprint density at radius 2 is 1.90 bits per heavy atom. The van der Waals surface area contributed by atoms with Gasteiger partial charge < -0.3 is 9.64 Å². The Bertz CT molecular complexity index is 1160. The lowest BCUT2D eigenvalue weighted by molar-refractivity contribution is 0.0776. The highest BCUT2D eigenvalue weighted by Crippen LogP contribution is 2.41. The fourth-order valence-corrected chi connectivity index (χ4v) is 4.39. The average Bonchev–Trinajstić information content (AvgIpc) is 3.39. The van der Waals surface area contributed by atoms with Crippen LogP contribution < -0.4 is 10.3 Å². The van der Waals surface area contributed by atoms with Gasteiger partial charge in [-0.3, -0.25) is 19.1 Å². The standard InChI is InChI=1S/C21H20N6O3/c1-30-15-4-2-14(3-5-15)17-19(29)27-11-7-21(20(27)25-24-17)6-10-26(13-21)18(28)16-12-22-8-9-23-16/h2-5,8-9,12H,6-7,10-11,13H2,1H3/t21-/m0/s1. The number of carbonyl (C=O) groups is 1. The fraction of sp³-hybridized carbons (Fsp3) is 0.333. The van der Waals surface area contributed by atoms with Crippen LogP contribution >= 0.6 is 0 Å². The first-order chi connectivity index (χ1) is 14.6. The molecule has 0 unspecified atom stereocenters. The summed E-state index contributed by atoms with van der Waals surface area (Å²) in [6, 6.07) is 7.20. The minimum Gasteiger partial charge on any atom is -0.497 e. The maximum absolute atomic E-state index is 13.1. The Kier molecular flexibility index (Phi) is 4.30. The SMILES string of the molecule is COc1ccc(-c2nnc3n(c2=O)CC[C@]32CCN(C(=O)c3cnccn3)C2)cc1. The Morgan fingerprint density at radius 3 is 2.63 bits per heavy atom. The van der Waals surface area contributed by atoms with E-state index in [4.69, 9.17) is 4.74 Å². The van der Waals surface area contributed by atoms with E-state index < -0.39 is 0 Å². The van der Waals surface area contributed by atoms with E-state index >= 15 is 0 Å². The Labute approximate surface area is 172 Å². The summed E-state index contributed by atoms with van der Waals surface area (Å²) in [5, 5.41) is 8.73. The number of nitrogens with zero attached hydrogens (tertiary/aromatic N) is 6. The first-order valence-corrected chi connectivity index (χ1v) is 9.79. The fourth-order valence-electron chi connectivity index (χ4n) is 4.39. The molecular weight excluding hydrogens is 384 g/mol.